The third-order valence-corrected chi connectivity index (χ3v) is 4.65. The number of anilines is 2. The molecule has 22 heavy (non-hydrogen) atoms. The highest BCUT2D eigenvalue weighted by Crippen LogP contribution is 2.23. The number of hydrogen-bond acceptors (Lipinski definition) is 7. The molecule has 3 rings (SSSR count). The van der Waals surface area contributed by atoms with E-state index in [9.17, 15) is 4.79 Å². The average molecular weight is 320 g/mol. The van der Waals surface area contributed by atoms with Gasteiger partial charge >= 0.3 is 0 Å². The highest BCUT2D eigenvalue weighted by Gasteiger charge is 2.24. The lowest BCUT2D eigenvalue weighted by atomic mass is 10.0. The third-order valence-electron chi connectivity index (χ3n) is 3.88. The van der Waals surface area contributed by atoms with E-state index < -0.39 is 0 Å². The molecule has 0 aliphatic carbocycles. The number of rotatable bonds is 4. The normalized spacial score (nSPS) is 18.5. The van der Waals surface area contributed by atoms with Gasteiger partial charge in [-0.15, -0.1) is 0 Å². The lowest BCUT2D eigenvalue weighted by molar-refractivity contribution is 0.464. The van der Waals surface area contributed by atoms with E-state index in [1.807, 2.05) is 13.0 Å². The average Bonchev–Trinajstić information content (AvgIpc) is 2.94. The van der Waals surface area contributed by atoms with Crippen molar-refractivity contribution < 1.29 is 0 Å². The summed E-state index contributed by atoms with van der Waals surface area (Å²) in [5.41, 5.74) is -0.0835. The summed E-state index contributed by atoms with van der Waals surface area (Å²) in [7, 11) is 1.69. The summed E-state index contributed by atoms with van der Waals surface area (Å²) in [6, 6.07) is 3.74. The van der Waals surface area contributed by atoms with Crippen molar-refractivity contribution >= 4 is 22.5 Å². The molecule has 7 nitrogen and oxygen atoms in total. The van der Waals surface area contributed by atoms with Crippen LogP contribution in [0.25, 0.3) is 0 Å². The Morgan fingerprint density at radius 1 is 1.41 bits per heavy atom. The molecule has 1 fully saturated rings. The molecule has 0 saturated carbocycles. The fourth-order valence-corrected chi connectivity index (χ4v) is 3.31. The SMILES string of the molecule is Cc1nsc(NCC2CCCCN2c2ccc(=O)n(C)n2)n1. The van der Waals surface area contributed by atoms with E-state index in [0.29, 0.717) is 6.04 Å². The Hall–Kier alpha value is -1.96. The van der Waals surface area contributed by atoms with Crippen molar-refractivity contribution in [3.05, 3.63) is 28.3 Å². The van der Waals surface area contributed by atoms with Crippen LogP contribution in [-0.2, 0) is 7.05 Å². The Morgan fingerprint density at radius 3 is 3.00 bits per heavy atom. The molecular weight excluding hydrogens is 300 g/mol. The molecule has 3 heterocycles. The van der Waals surface area contributed by atoms with E-state index in [0.717, 1.165) is 42.7 Å². The number of aryl methyl sites for hydroxylation is 2. The summed E-state index contributed by atoms with van der Waals surface area (Å²) >= 11 is 1.39. The molecule has 0 amide bonds. The van der Waals surface area contributed by atoms with Gasteiger partial charge in [-0.25, -0.2) is 9.67 Å². The molecule has 0 radical (unpaired) electrons. The van der Waals surface area contributed by atoms with Crippen LogP contribution in [0.15, 0.2) is 16.9 Å². The summed E-state index contributed by atoms with van der Waals surface area (Å²) in [5.74, 6) is 1.66. The van der Waals surface area contributed by atoms with Gasteiger partial charge in [0.2, 0.25) is 5.13 Å². The van der Waals surface area contributed by atoms with Crippen molar-refractivity contribution in [2.45, 2.75) is 32.2 Å². The molecule has 1 saturated heterocycles. The van der Waals surface area contributed by atoms with Crippen molar-refractivity contribution in [2.75, 3.05) is 23.3 Å². The van der Waals surface area contributed by atoms with Crippen LogP contribution < -0.4 is 15.8 Å². The molecule has 1 unspecified atom stereocenters. The maximum Gasteiger partial charge on any atom is 0.266 e. The minimum Gasteiger partial charge on any atom is -0.358 e. The van der Waals surface area contributed by atoms with Crippen molar-refractivity contribution in [1.82, 2.24) is 19.1 Å². The van der Waals surface area contributed by atoms with Crippen LogP contribution in [0.3, 0.4) is 0 Å². The van der Waals surface area contributed by atoms with E-state index in [2.05, 4.69) is 24.7 Å². The fraction of sp³-hybridized carbons (Fsp3) is 0.571. The molecule has 1 aliphatic heterocycles. The summed E-state index contributed by atoms with van der Waals surface area (Å²) in [4.78, 5) is 18.1. The van der Waals surface area contributed by atoms with Gasteiger partial charge in [0.1, 0.15) is 11.6 Å². The van der Waals surface area contributed by atoms with Crippen LogP contribution in [-0.4, -0.2) is 38.3 Å². The second-order valence-electron chi connectivity index (χ2n) is 5.52. The molecule has 8 heteroatoms. The smallest absolute Gasteiger partial charge is 0.266 e. The lowest BCUT2D eigenvalue weighted by Crippen LogP contribution is -2.44. The highest BCUT2D eigenvalue weighted by atomic mass is 32.1. The molecule has 2 aromatic rings. The molecule has 118 valence electrons. The Labute approximate surface area is 133 Å². The lowest BCUT2D eigenvalue weighted by Gasteiger charge is -2.36. The maximum absolute atomic E-state index is 11.5. The van der Waals surface area contributed by atoms with Crippen LogP contribution in [0.2, 0.25) is 0 Å². The van der Waals surface area contributed by atoms with E-state index >= 15 is 0 Å². The van der Waals surface area contributed by atoms with Crippen LogP contribution in [0, 0.1) is 6.92 Å². The maximum atomic E-state index is 11.5. The van der Waals surface area contributed by atoms with Crippen molar-refractivity contribution in [1.29, 1.82) is 0 Å². The number of hydrogen-bond donors (Lipinski definition) is 1. The van der Waals surface area contributed by atoms with Gasteiger partial charge in [-0.2, -0.15) is 9.47 Å². The number of piperidine rings is 1. The molecule has 1 N–H and O–H groups in total. The molecule has 1 atom stereocenters. The molecule has 1 aliphatic rings. The van der Waals surface area contributed by atoms with Gasteiger partial charge in [0.05, 0.1) is 0 Å². The van der Waals surface area contributed by atoms with E-state index in [1.165, 1.54) is 22.6 Å². The molecular formula is C14H20N6OS. The second-order valence-corrected chi connectivity index (χ2v) is 6.28. The standard InChI is InChI=1S/C14H20N6OS/c1-10-16-14(22-18-10)15-9-11-5-3-4-8-20(11)12-6-7-13(21)19(2)17-12/h6-7,11H,3-5,8-9H2,1-2H3,(H,15,16,18). The minimum absolute atomic E-state index is 0.0835. The Balaban J connectivity index is 1.72. The molecule has 0 aromatic carbocycles. The van der Waals surface area contributed by atoms with Crippen molar-refractivity contribution in [3.63, 3.8) is 0 Å². The predicted molar refractivity (Wildman–Crippen MR) is 87.6 cm³/mol. The van der Waals surface area contributed by atoms with Crippen molar-refractivity contribution in [3.8, 4) is 0 Å². The molecule has 0 spiro atoms. The first kappa shape index (κ1) is 15.0. The van der Waals surface area contributed by atoms with Crippen molar-refractivity contribution in [2.24, 2.45) is 7.05 Å². The highest BCUT2D eigenvalue weighted by molar-refractivity contribution is 7.09. The first-order valence-corrected chi connectivity index (χ1v) is 8.26. The second kappa shape index (κ2) is 6.43. The Morgan fingerprint density at radius 2 is 2.27 bits per heavy atom. The number of nitrogens with zero attached hydrogens (tertiary/aromatic N) is 5. The topological polar surface area (TPSA) is 75.9 Å². The van der Waals surface area contributed by atoms with Crippen LogP contribution >= 0.6 is 11.5 Å². The quantitative estimate of drug-likeness (QED) is 0.918. The Bertz CT molecular complexity index is 697. The first-order chi connectivity index (χ1) is 10.6. The van der Waals surface area contributed by atoms with E-state index in [1.54, 1.807) is 13.1 Å². The zero-order valence-electron chi connectivity index (χ0n) is 12.8. The van der Waals surface area contributed by atoms with E-state index in [-0.39, 0.29) is 5.56 Å². The van der Waals surface area contributed by atoms with Gasteiger partial charge in [0.25, 0.3) is 5.56 Å². The zero-order chi connectivity index (χ0) is 15.5. The molecule has 2 aromatic heterocycles. The van der Waals surface area contributed by atoms with Gasteiger partial charge < -0.3 is 10.2 Å². The number of nitrogens with one attached hydrogen (secondary N) is 1. The van der Waals surface area contributed by atoms with Gasteiger partial charge in [-0.3, -0.25) is 4.79 Å². The van der Waals surface area contributed by atoms with Gasteiger partial charge in [0.15, 0.2) is 0 Å². The summed E-state index contributed by atoms with van der Waals surface area (Å²) in [6.07, 6.45) is 3.47. The van der Waals surface area contributed by atoms with Gasteiger partial charge in [-0.1, -0.05) is 0 Å². The summed E-state index contributed by atoms with van der Waals surface area (Å²) in [6.45, 7) is 3.66. The predicted octanol–water partition coefficient (Wildman–Crippen LogP) is 1.41. The van der Waals surface area contributed by atoms with Gasteiger partial charge in [-0.05, 0) is 32.3 Å². The van der Waals surface area contributed by atoms with Gasteiger partial charge in [0, 0.05) is 43.8 Å². The van der Waals surface area contributed by atoms with E-state index in [4.69, 9.17) is 0 Å². The Kier molecular flexibility index (Phi) is 4.37. The van der Waals surface area contributed by atoms with Crippen LogP contribution in [0.5, 0.6) is 0 Å². The largest absolute Gasteiger partial charge is 0.358 e. The first-order valence-electron chi connectivity index (χ1n) is 7.48. The summed E-state index contributed by atoms with van der Waals surface area (Å²) < 4.78 is 5.57. The van der Waals surface area contributed by atoms with Crippen LogP contribution in [0.4, 0.5) is 10.9 Å². The summed E-state index contributed by atoms with van der Waals surface area (Å²) in [5, 5.41) is 8.61. The minimum atomic E-state index is -0.0835. The third kappa shape index (κ3) is 3.27. The molecule has 0 bridgehead atoms. The van der Waals surface area contributed by atoms with Crippen LogP contribution in [0.1, 0.15) is 25.1 Å². The number of aromatic nitrogens is 4. The fourth-order valence-electron chi connectivity index (χ4n) is 2.73. The zero-order valence-corrected chi connectivity index (χ0v) is 13.6. The monoisotopic (exact) mass is 320 g/mol.